The fraction of sp³-hybridized carbons (Fsp3) is 0.654. The summed E-state index contributed by atoms with van der Waals surface area (Å²) in [7, 11) is 6.98. The van der Waals surface area contributed by atoms with Crippen LogP contribution in [-0.2, 0) is 44.6 Å². The van der Waals surface area contributed by atoms with E-state index in [-0.39, 0.29) is 42.4 Å². The van der Waals surface area contributed by atoms with Crippen molar-refractivity contribution in [3.8, 4) is 11.5 Å². The fourth-order valence-corrected chi connectivity index (χ4v) is 12.6. The average Bonchev–Trinajstić information content (AvgIpc) is 3.92. The highest BCUT2D eigenvalue weighted by molar-refractivity contribution is 8.00. The first-order chi connectivity index (χ1) is 32.7. The summed E-state index contributed by atoms with van der Waals surface area (Å²) in [6, 6.07) is 5.54. The Balaban J connectivity index is 1.33. The Morgan fingerprint density at radius 1 is 1.03 bits per heavy atom. The molecule has 1 aromatic carbocycles. The number of aliphatic hydroxyl groups is 1. The highest BCUT2D eigenvalue weighted by Crippen LogP contribution is 2.49. The van der Waals surface area contributed by atoms with E-state index < -0.39 is 70.7 Å². The number of halogens is 2. The first-order valence-electron chi connectivity index (χ1n) is 24.2. The Morgan fingerprint density at radius 3 is 2.33 bits per heavy atom. The Morgan fingerprint density at radius 2 is 1.71 bits per heavy atom. The van der Waals surface area contributed by atoms with E-state index in [1.165, 1.54) is 11.8 Å². The Bertz CT molecular complexity index is 2170. The standard InChI is InChI=1S/C52H73Cl2N3O11S/c1-13-42-52(8)43(33(6)44(58)31(4)25-51(7,63-12)47(29(2)22-30(3)48(60)66-42)67-50-45(59)39(56(9)10)23-32(5)64-50)46(49(61)68-52)69-21-20-57(28-36-37(53)26-55-27-38(36)54)34-18-19-40(62-11)41(24-34)65-35-16-14-15-17-35/h18-19,22,24,26-27,29,31-32,35,39,42-43,45-47,50,59H,6,13-17,20-21,23,25,28H2,1-5,7-12H3/b30-22-/t29-,31+,32+,39-,42+,43?,45+,46-,47+,50-,51+,52+/m0/s1. The summed E-state index contributed by atoms with van der Waals surface area (Å²) in [5, 5.41) is 11.5. The fourth-order valence-electron chi connectivity index (χ4n) is 10.7. The average molecular weight is 1020 g/mol. The van der Waals surface area contributed by atoms with Crippen molar-refractivity contribution < 1.29 is 52.6 Å². The first kappa shape index (κ1) is 54.9. The normalized spacial score (nSPS) is 33.6. The minimum absolute atomic E-state index is 0.0845. The molecular formula is C52H73Cl2N3O11S. The van der Waals surface area contributed by atoms with Crippen LogP contribution in [0.4, 0.5) is 5.69 Å². The van der Waals surface area contributed by atoms with Gasteiger partial charge in [-0.3, -0.25) is 14.6 Å². The van der Waals surface area contributed by atoms with Gasteiger partial charge in [0.2, 0.25) is 0 Å². The van der Waals surface area contributed by atoms with Crippen LogP contribution >= 0.6 is 35.0 Å². The van der Waals surface area contributed by atoms with Crippen LogP contribution in [0.15, 0.2) is 54.4 Å². The number of esters is 2. The maximum Gasteiger partial charge on any atom is 0.333 e. The lowest BCUT2D eigenvalue weighted by Gasteiger charge is -2.46. The van der Waals surface area contributed by atoms with Gasteiger partial charge in [-0.15, -0.1) is 11.8 Å². The number of ether oxygens (including phenoxy) is 7. The van der Waals surface area contributed by atoms with Gasteiger partial charge in [-0.2, -0.15) is 0 Å². The second kappa shape index (κ2) is 23.4. The predicted octanol–water partition coefficient (Wildman–Crippen LogP) is 9.04. The quantitative estimate of drug-likeness (QED) is 0.133. The molecule has 14 nitrogen and oxygen atoms in total. The van der Waals surface area contributed by atoms with E-state index in [1.54, 1.807) is 46.5 Å². The maximum atomic E-state index is 15.0. The zero-order valence-electron chi connectivity index (χ0n) is 42.1. The number of nitrogens with zero attached hydrogens (tertiary/aromatic N) is 3. The maximum absolute atomic E-state index is 15.0. The predicted molar refractivity (Wildman–Crippen MR) is 269 cm³/mol. The van der Waals surface area contributed by atoms with E-state index in [1.807, 2.05) is 71.8 Å². The molecule has 0 bridgehead atoms. The third kappa shape index (κ3) is 12.3. The largest absolute Gasteiger partial charge is 0.493 e. The summed E-state index contributed by atoms with van der Waals surface area (Å²) in [4.78, 5) is 51.7. The van der Waals surface area contributed by atoms with Gasteiger partial charge in [0.15, 0.2) is 29.2 Å². The number of benzene rings is 1. The van der Waals surface area contributed by atoms with Crippen LogP contribution in [0.5, 0.6) is 11.5 Å². The topological polar surface area (TPSA) is 155 Å². The molecule has 1 aromatic heterocycles. The molecule has 17 heteroatoms. The molecule has 69 heavy (non-hydrogen) atoms. The van der Waals surface area contributed by atoms with Crippen LogP contribution in [0.2, 0.25) is 10.0 Å². The Kier molecular flexibility index (Phi) is 18.6. The van der Waals surface area contributed by atoms with Crippen LogP contribution in [-0.4, -0.2) is 133 Å². The van der Waals surface area contributed by atoms with Crippen LogP contribution in [0, 0.1) is 17.8 Å². The van der Waals surface area contributed by atoms with E-state index >= 15 is 0 Å². The number of hydrogen-bond acceptors (Lipinski definition) is 15. The summed E-state index contributed by atoms with van der Waals surface area (Å²) in [6.45, 7) is 17.9. The molecule has 3 fully saturated rings. The van der Waals surface area contributed by atoms with Gasteiger partial charge in [0, 0.05) is 79.1 Å². The number of methoxy groups -OCH3 is 2. The van der Waals surface area contributed by atoms with Gasteiger partial charge in [0.05, 0.1) is 47.0 Å². The lowest BCUT2D eigenvalue weighted by Crippen LogP contribution is -2.58. The second-order valence-electron chi connectivity index (χ2n) is 19.9. The lowest BCUT2D eigenvalue weighted by atomic mass is 9.73. The molecule has 1 N–H and O–H groups in total. The van der Waals surface area contributed by atoms with Crippen LogP contribution in [0.3, 0.4) is 0 Å². The minimum atomic E-state index is -1.45. The van der Waals surface area contributed by atoms with E-state index in [4.69, 9.17) is 56.4 Å². The number of carbonyl (C=O) groups excluding carboxylic acids is 3. The number of thioether (sulfide) groups is 1. The van der Waals surface area contributed by atoms with Crippen molar-refractivity contribution in [2.24, 2.45) is 17.8 Å². The molecular weight excluding hydrogens is 946 g/mol. The summed E-state index contributed by atoms with van der Waals surface area (Å²) in [5.41, 5.74) is -0.633. The highest BCUT2D eigenvalue weighted by Gasteiger charge is 2.60. The van der Waals surface area contributed by atoms with Crippen LogP contribution < -0.4 is 14.4 Å². The molecule has 4 heterocycles. The number of Topliss-reactive ketones (excluding diaryl/α,β-unsaturated/α-hetero) is 1. The van der Waals surface area contributed by atoms with Crippen molar-refractivity contribution in [1.82, 2.24) is 9.88 Å². The smallest absolute Gasteiger partial charge is 0.333 e. The molecule has 2 aromatic rings. The number of pyridine rings is 1. The molecule has 12 atom stereocenters. The van der Waals surface area contributed by atoms with Crippen molar-refractivity contribution in [1.29, 1.82) is 0 Å². The zero-order chi connectivity index (χ0) is 50.5. The Labute approximate surface area is 423 Å². The molecule has 3 aliphatic heterocycles. The van der Waals surface area contributed by atoms with Gasteiger partial charge in [-0.1, -0.05) is 56.6 Å². The molecule has 0 spiro atoms. The molecule has 4 aliphatic rings. The molecule has 382 valence electrons. The summed E-state index contributed by atoms with van der Waals surface area (Å²) < 4.78 is 44.1. The van der Waals surface area contributed by atoms with Crippen LogP contribution in [0.25, 0.3) is 0 Å². The number of rotatable bonds is 15. The van der Waals surface area contributed by atoms with Crippen molar-refractivity contribution in [3.05, 3.63) is 70.0 Å². The van der Waals surface area contributed by atoms with Crippen molar-refractivity contribution in [2.45, 2.75) is 159 Å². The number of aromatic nitrogens is 1. The summed E-state index contributed by atoms with van der Waals surface area (Å²) in [6.07, 6.45) is 6.15. The number of aliphatic hydroxyl groups excluding tert-OH is 1. The van der Waals surface area contributed by atoms with Gasteiger partial charge < -0.3 is 48.1 Å². The molecule has 2 saturated heterocycles. The minimum Gasteiger partial charge on any atom is -0.493 e. The zero-order valence-corrected chi connectivity index (χ0v) is 44.5. The van der Waals surface area contributed by atoms with Crippen molar-refractivity contribution in [2.75, 3.05) is 45.5 Å². The SMILES string of the molecule is C=C1C(=O)[C@H](C)C[C@@](C)(OC)[C@H](O[C@@H]2O[C@H](C)C[C@H](N(C)C)[C@H]2O)[C@@H](C)/C=C(/C)C(=O)O[C@H](CC)[C@@]2(C)OC(=O)[C@@H](SCCN(Cc3c(Cl)cncc3Cl)c3ccc(OC)c(OC4CCCC4)c3)C12. The number of ketones is 1. The van der Waals surface area contributed by atoms with Gasteiger partial charge >= 0.3 is 11.9 Å². The van der Waals surface area contributed by atoms with E-state index in [0.717, 1.165) is 31.4 Å². The summed E-state index contributed by atoms with van der Waals surface area (Å²) >= 11 is 14.7. The molecule has 1 unspecified atom stereocenters. The van der Waals surface area contributed by atoms with E-state index in [9.17, 15) is 19.5 Å². The third-order valence-corrected chi connectivity index (χ3v) is 16.5. The Hall–Kier alpha value is -3.41. The van der Waals surface area contributed by atoms with Crippen molar-refractivity contribution >= 4 is 58.4 Å². The monoisotopic (exact) mass is 1020 g/mol. The molecule has 0 amide bonds. The van der Waals surface area contributed by atoms with Crippen molar-refractivity contribution in [3.63, 3.8) is 0 Å². The molecule has 6 rings (SSSR count). The lowest BCUT2D eigenvalue weighted by molar-refractivity contribution is -0.294. The first-order valence-corrected chi connectivity index (χ1v) is 26.0. The number of likely N-dealkylation sites (N-methyl/N-ethyl adjacent to an activating group) is 1. The number of fused-ring (bicyclic) bond motifs is 1. The van der Waals surface area contributed by atoms with Gasteiger partial charge in [0.1, 0.15) is 17.5 Å². The molecule has 1 aliphatic carbocycles. The number of anilines is 1. The second-order valence-corrected chi connectivity index (χ2v) is 22.0. The van der Waals surface area contributed by atoms with E-state index in [0.29, 0.717) is 57.9 Å². The molecule has 0 radical (unpaired) electrons. The highest BCUT2D eigenvalue weighted by atomic mass is 35.5. The van der Waals surface area contributed by atoms with Gasteiger partial charge in [-0.25, -0.2) is 4.79 Å². The summed E-state index contributed by atoms with van der Waals surface area (Å²) in [5.74, 6) is -1.90. The van der Waals surface area contributed by atoms with E-state index in [2.05, 4.69) is 16.5 Å². The molecule has 1 saturated carbocycles. The number of hydrogen-bond donors (Lipinski definition) is 1. The van der Waals surface area contributed by atoms with Crippen LogP contribution in [0.1, 0.15) is 99.0 Å². The van der Waals surface area contributed by atoms with Gasteiger partial charge in [0.25, 0.3) is 0 Å². The van der Waals surface area contributed by atoms with Gasteiger partial charge in [-0.05, 0) is 104 Å². The third-order valence-electron chi connectivity index (χ3n) is 14.6. The number of carbonyl (C=O) groups is 3. The number of cyclic esters (lactones) is 1.